The molecule has 2 rings (SSSR count). The van der Waals surface area contributed by atoms with Crippen LogP contribution in [0.5, 0.6) is 0 Å². The van der Waals surface area contributed by atoms with E-state index in [0.29, 0.717) is 0 Å². The van der Waals surface area contributed by atoms with Crippen LogP contribution in [-0.2, 0) is 0 Å². The van der Waals surface area contributed by atoms with Gasteiger partial charge >= 0.3 is 5.69 Å². The zero-order valence-corrected chi connectivity index (χ0v) is 14.2. The number of nitrogens with zero attached hydrogens (tertiary/aromatic N) is 4. The average Bonchev–Trinajstić information content (AvgIpc) is 2.58. The van der Waals surface area contributed by atoms with Gasteiger partial charge < -0.3 is 0 Å². The smallest absolute Gasteiger partial charge is 0.258 e. The van der Waals surface area contributed by atoms with E-state index in [-0.39, 0.29) is 23.2 Å². The van der Waals surface area contributed by atoms with E-state index < -0.39 is 15.5 Å². The molecule has 0 aromatic heterocycles. The summed E-state index contributed by atoms with van der Waals surface area (Å²) in [6.07, 6.45) is 9.02. The van der Waals surface area contributed by atoms with Gasteiger partial charge in [0, 0.05) is 12.0 Å². The molecule has 0 bridgehead atoms. The molecule has 0 N–H and O–H groups in total. The molecule has 0 aliphatic heterocycles. The summed E-state index contributed by atoms with van der Waals surface area (Å²) in [5.41, 5.74) is 0.0370. The number of hydrogen-bond donors (Lipinski definition) is 0. The third-order valence-electron chi connectivity index (χ3n) is 3.83. The number of benzene rings is 1. The number of non-ortho nitro benzene ring substituents is 1. The van der Waals surface area contributed by atoms with E-state index in [1.165, 1.54) is 12.1 Å². The largest absolute Gasteiger partial charge is 0.303 e. The van der Waals surface area contributed by atoms with Crippen molar-refractivity contribution in [3.8, 4) is 0 Å². The predicted octanol–water partition coefficient (Wildman–Crippen LogP) is 5.48. The Bertz CT molecular complexity index is 753. The maximum atomic E-state index is 11.2. The Morgan fingerprint density at radius 1 is 1.24 bits per heavy atom. The highest BCUT2D eigenvalue weighted by Gasteiger charge is 2.20. The van der Waals surface area contributed by atoms with Gasteiger partial charge in [0.25, 0.3) is 5.69 Å². The summed E-state index contributed by atoms with van der Waals surface area (Å²) in [5, 5.41) is 30.3. The number of nitro benzene ring substituents is 2. The SMILES string of the molecule is CC(C)/C=C(\N=Nc1ccc([N+](=O)[O-])cc1[N+](=O)[O-])C1CC=CCC1. The normalized spacial score (nSPS) is 18.0. The summed E-state index contributed by atoms with van der Waals surface area (Å²) in [6, 6.07) is 3.35. The minimum absolute atomic E-state index is 0.0107. The van der Waals surface area contributed by atoms with E-state index in [1.807, 2.05) is 19.9 Å². The molecule has 0 spiro atoms. The van der Waals surface area contributed by atoms with Crippen LogP contribution in [0.15, 0.2) is 52.4 Å². The molecule has 0 saturated carbocycles. The molecule has 0 heterocycles. The van der Waals surface area contributed by atoms with Gasteiger partial charge in [-0.2, -0.15) is 5.11 Å². The van der Waals surface area contributed by atoms with Crippen LogP contribution in [0.4, 0.5) is 17.1 Å². The Morgan fingerprint density at radius 3 is 2.56 bits per heavy atom. The van der Waals surface area contributed by atoms with Crippen molar-refractivity contribution >= 4 is 17.1 Å². The standard InChI is InChI=1S/C17H20N4O4/c1-12(2)10-16(13-6-4-3-5-7-13)19-18-15-9-8-14(20(22)23)11-17(15)21(24)25/h3-4,8-13H,5-7H2,1-2H3/b16-10-,19-18?. The fourth-order valence-corrected chi connectivity index (χ4v) is 2.62. The van der Waals surface area contributed by atoms with Gasteiger partial charge in [0.2, 0.25) is 0 Å². The zero-order valence-electron chi connectivity index (χ0n) is 14.2. The zero-order chi connectivity index (χ0) is 18.4. The molecule has 8 heteroatoms. The molecule has 8 nitrogen and oxygen atoms in total. The minimum Gasteiger partial charge on any atom is -0.258 e. The Hall–Kier alpha value is -2.90. The Kier molecular flexibility index (Phi) is 6.10. The van der Waals surface area contributed by atoms with E-state index in [9.17, 15) is 20.2 Å². The lowest BCUT2D eigenvalue weighted by atomic mass is 9.90. The first-order chi connectivity index (χ1) is 11.9. The highest BCUT2D eigenvalue weighted by atomic mass is 16.6. The second-order valence-electron chi connectivity index (χ2n) is 6.20. The van der Waals surface area contributed by atoms with Crippen LogP contribution in [0.2, 0.25) is 0 Å². The molecule has 132 valence electrons. The molecular weight excluding hydrogens is 324 g/mol. The van der Waals surface area contributed by atoms with E-state index in [4.69, 9.17) is 0 Å². The van der Waals surface area contributed by atoms with Crippen LogP contribution >= 0.6 is 0 Å². The average molecular weight is 344 g/mol. The van der Waals surface area contributed by atoms with Gasteiger partial charge in [0.1, 0.15) is 0 Å². The van der Waals surface area contributed by atoms with Crippen molar-refractivity contribution in [1.29, 1.82) is 0 Å². The van der Waals surface area contributed by atoms with Gasteiger partial charge in [0.15, 0.2) is 5.69 Å². The van der Waals surface area contributed by atoms with E-state index in [2.05, 4.69) is 22.4 Å². The van der Waals surface area contributed by atoms with E-state index >= 15 is 0 Å². The minimum atomic E-state index is -0.684. The number of nitro groups is 2. The molecule has 1 aromatic carbocycles. The lowest BCUT2D eigenvalue weighted by molar-refractivity contribution is -0.393. The molecule has 0 amide bonds. The summed E-state index contributed by atoms with van der Waals surface area (Å²) >= 11 is 0. The second-order valence-corrected chi connectivity index (χ2v) is 6.20. The van der Waals surface area contributed by atoms with Gasteiger partial charge in [-0.05, 0) is 31.2 Å². The van der Waals surface area contributed by atoms with E-state index in [1.54, 1.807) is 0 Å². The number of rotatable bonds is 6. The summed E-state index contributed by atoms with van der Waals surface area (Å²) < 4.78 is 0. The maximum absolute atomic E-state index is 11.2. The first-order valence-corrected chi connectivity index (χ1v) is 8.09. The summed E-state index contributed by atoms with van der Waals surface area (Å²) in [7, 11) is 0. The van der Waals surface area contributed by atoms with Crippen molar-refractivity contribution in [2.24, 2.45) is 22.1 Å². The van der Waals surface area contributed by atoms with Crippen molar-refractivity contribution in [2.75, 3.05) is 0 Å². The highest BCUT2D eigenvalue weighted by molar-refractivity contribution is 5.61. The molecule has 1 unspecified atom stereocenters. The maximum Gasteiger partial charge on any atom is 0.303 e. The summed E-state index contributed by atoms with van der Waals surface area (Å²) in [4.78, 5) is 20.6. The van der Waals surface area contributed by atoms with Gasteiger partial charge in [-0.15, -0.1) is 5.11 Å². The molecule has 0 saturated heterocycles. The van der Waals surface area contributed by atoms with Crippen LogP contribution < -0.4 is 0 Å². The van der Waals surface area contributed by atoms with Crippen molar-refractivity contribution in [1.82, 2.24) is 0 Å². The number of allylic oxidation sites excluding steroid dienone is 4. The monoisotopic (exact) mass is 344 g/mol. The van der Waals surface area contributed by atoms with Gasteiger partial charge in [-0.1, -0.05) is 32.1 Å². The van der Waals surface area contributed by atoms with Crippen molar-refractivity contribution in [3.63, 3.8) is 0 Å². The molecular formula is C17H20N4O4. The van der Waals surface area contributed by atoms with Crippen molar-refractivity contribution in [2.45, 2.75) is 33.1 Å². The third-order valence-corrected chi connectivity index (χ3v) is 3.83. The molecule has 25 heavy (non-hydrogen) atoms. The molecule has 1 aromatic rings. The fraction of sp³-hybridized carbons (Fsp3) is 0.412. The molecule has 0 fully saturated rings. The van der Waals surface area contributed by atoms with E-state index in [0.717, 1.165) is 31.0 Å². The highest BCUT2D eigenvalue weighted by Crippen LogP contribution is 2.34. The molecule has 1 aliphatic rings. The first kappa shape index (κ1) is 18.4. The van der Waals surface area contributed by atoms with Crippen LogP contribution in [0, 0.1) is 32.1 Å². The van der Waals surface area contributed by atoms with Gasteiger partial charge in [-0.3, -0.25) is 20.2 Å². The van der Waals surface area contributed by atoms with Crippen molar-refractivity contribution < 1.29 is 9.85 Å². The van der Waals surface area contributed by atoms with Gasteiger partial charge in [0.05, 0.1) is 21.6 Å². The molecule has 1 aliphatic carbocycles. The lowest BCUT2D eigenvalue weighted by Gasteiger charge is -2.18. The summed E-state index contributed by atoms with van der Waals surface area (Å²) in [5.74, 6) is 0.500. The Labute approximate surface area is 145 Å². The quantitative estimate of drug-likeness (QED) is 0.294. The lowest BCUT2D eigenvalue weighted by Crippen LogP contribution is -2.05. The second kappa shape index (κ2) is 8.27. The van der Waals surface area contributed by atoms with Crippen LogP contribution in [-0.4, -0.2) is 9.85 Å². The van der Waals surface area contributed by atoms with Crippen LogP contribution in [0.3, 0.4) is 0 Å². The van der Waals surface area contributed by atoms with Crippen LogP contribution in [0.1, 0.15) is 33.1 Å². The summed E-state index contributed by atoms with van der Waals surface area (Å²) in [6.45, 7) is 4.06. The molecule has 1 atom stereocenters. The Morgan fingerprint density at radius 2 is 2.00 bits per heavy atom. The van der Waals surface area contributed by atoms with Gasteiger partial charge in [-0.25, -0.2) is 0 Å². The third kappa shape index (κ3) is 5.03. The fourth-order valence-electron chi connectivity index (χ4n) is 2.62. The van der Waals surface area contributed by atoms with Crippen LogP contribution in [0.25, 0.3) is 0 Å². The topological polar surface area (TPSA) is 111 Å². The molecule has 0 radical (unpaired) electrons. The number of azo groups is 1. The number of hydrogen-bond acceptors (Lipinski definition) is 6. The van der Waals surface area contributed by atoms with Crippen molar-refractivity contribution in [3.05, 3.63) is 62.4 Å². The predicted molar refractivity (Wildman–Crippen MR) is 93.7 cm³/mol. The Balaban J connectivity index is 2.35. The first-order valence-electron chi connectivity index (χ1n) is 8.09.